The van der Waals surface area contributed by atoms with Crippen LogP contribution in [0.5, 0.6) is 0 Å². The van der Waals surface area contributed by atoms with Gasteiger partial charge in [0, 0.05) is 30.7 Å². The van der Waals surface area contributed by atoms with Crippen LogP contribution < -0.4 is 10.9 Å². The fraction of sp³-hybridized carbons (Fsp3) is 0.385. The lowest BCUT2D eigenvalue weighted by atomic mass is 10.1. The highest BCUT2D eigenvalue weighted by Crippen LogP contribution is 2.14. The molecule has 0 aliphatic rings. The lowest BCUT2D eigenvalue weighted by molar-refractivity contribution is 0.263. The molecule has 2 N–H and O–H groups in total. The molecule has 3 rings (SSSR count). The summed E-state index contributed by atoms with van der Waals surface area (Å²) in [5.41, 5.74) is 3.96. The third kappa shape index (κ3) is 6.65. The van der Waals surface area contributed by atoms with E-state index in [9.17, 15) is 4.79 Å². The van der Waals surface area contributed by atoms with E-state index in [4.69, 9.17) is 12.2 Å². The van der Waals surface area contributed by atoms with Gasteiger partial charge in [-0.3, -0.25) is 4.79 Å². The number of likely N-dealkylation sites (N-methyl/N-ethyl adjacent to an activating group) is 1. The molecule has 0 atom stereocenters. The van der Waals surface area contributed by atoms with Gasteiger partial charge in [-0.15, -0.1) is 0 Å². The first-order valence-corrected chi connectivity index (χ1v) is 11.8. The Balaban J connectivity index is 1.73. The molecule has 6 heteroatoms. The van der Waals surface area contributed by atoms with Crippen molar-refractivity contribution in [2.75, 3.05) is 32.7 Å². The van der Waals surface area contributed by atoms with E-state index < -0.39 is 0 Å². The standard InChI is InChI=1S/C26H34N4OS/c1-4-29(5-2)15-16-30(26(32)27-14-13-21-9-7-6-8-10-21)19-23-18-22-12-11-20(3)17-24(22)28-25(23)31/h6-12,17-18H,4-5,13-16,19H2,1-3H3,(H,27,32)(H,28,31). The Morgan fingerprint density at radius 3 is 2.50 bits per heavy atom. The highest BCUT2D eigenvalue weighted by molar-refractivity contribution is 7.80. The number of hydrogen-bond donors (Lipinski definition) is 2. The van der Waals surface area contributed by atoms with E-state index in [-0.39, 0.29) is 5.56 Å². The molecule has 0 bridgehead atoms. The van der Waals surface area contributed by atoms with Gasteiger partial charge in [-0.1, -0.05) is 56.3 Å². The third-order valence-corrected chi connectivity index (χ3v) is 6.24. The summed E-state index contributed by atoms with van der Waals surface area (Å²) in [5, 5.41) is 5.13. The van der Waals surface area contributed by atoms with E-state index in [0.717, 1.165) is 61.2 Å². The van der Waals surface area contributed by atoms with Crippen LogP contribution in [0.3, 0.4) is 0 Å². The van der Waals surface area contributed by atoms with Crippen molar-refractivity contribution in [2.45, 2.75) is 33.7 Å². The van der Waals surface area contributed by atoms with Crippen LogP contribution in [0.25, 0.3) is 10.9 Å². The normalized spacial score (nSPS) is 11.1. The lowest BCUT2D eigenvalue weighted by Crippen LogP contribution is -2.44. The second kappa shape index (κ2) is 11.8. The van der Waals surface area contributed by atoms with Crippen LogP contribution in [0, 0.1) is 6.92 Å². The number of aryl methyl sites for hydroxylation is 1. The predicted octanol–water partition coefficient (Wildman–Crippen LogP) is 4.10. The summed E-state index contributed by atoms with van der Waals surface area (Å²) in [6, 6.07) is 18.5. The van der Waals surface area contributed by atoms with Crippen LogP contribution in [0.2, 0.25) is 0 Å². The molecule has 0 spiro atoms. The van der Waals surface area contributed by atoms with Crippen molar-refractivity contribution in [1.82, 2.24) is 20.1 Å². The molecule has 0 aliphatic carbocycles. The van der Waals surface area contributed by atoms with Gasteiger partial charge in [0.05, 0.1) is 6.54 Å². The third-order valence-electron chi connectivity index (χ3n) is 5.84. The number of rotatable bonds is 10. The lowest BCUT2D eigenvalue weighted by Gasteiger charge is -2.29. The summed E-state index contributed by atoms with van der Waals surface area (Å²) < 4.78 is 0. The summed E-state index contributed by atoms with van der Waals surface area (Å²) in [4.78, 5) is 20.3. The zero-order valence-electron chi connectivity index (χ0n) is 19.4. The first-order chi connectivity index (χ1) is 15.5. The summed E-state index contributed by atoms with van der Waals surface area (Å²) >= 11 is 5.75. The van der Waals surface area contributed by atoms with Gasteiger partial charge < -0.3 is 20.1 Å². The van der Waals surface area contributed by atoms with Gasteiger partial charge in [-0.05, 0) is 67.3 Å². The molecule has 1 heterocycles. The van der Waals surface area contributed by atoms with Crippen LogP contribution in [0.15, 0.2) is 59.4 Å². The van der Waals surface area contributed by atoms with Crippen molar-refractivity contribution < 1.29 is 0 Å². The Kier molecular flexibility index (Phi) is 8.82. The first kappa shape index (κ1) is 24.0. The molecule has 0 saturated heterocycles. The van der Waals surface area contributed by atoms with E-state index in [2.05, 4.69) is 70.3 Å². The van der Waals surface area contributed by atoms with Crippen molar-refractivity contribution in [3.05, 3.63) is 81.6 Å². The quantitative estimate of drug-likeness (QED) is 0.456. The molecule has 0 saturated carbocycles. The maximum Gasteiger partial charge on any atom is 0.253 e. The van der Waals surface area contributed by atoms with Crippen LogP contribution >= 0.6 is 12.2 Å². The molecule has 0 radical (unpaired) electrons. The van der Waals surface area contributed by atoms with Crippen molar-refractivity contribution in [3.63, 3.8) is 0 Å². The predicted molar refractivity (Wildman–Crippen MR) is 138 cm³/mol. The maximum atomic E-state index is 12.8. The van der Waals surface area contributed by atoms with Gasteiger partial charge >= 0.3 is 0 Å². The Hall–Kier alpha value is -2.70. The van der Waals surface area contributed by atoms with Gasteiger partial charge in [-0.2, -0.15) is 0 Å². The Morgan fingerprint density at radius 1 is 1.03 bits per heavy atom. The number of benzene rings is 2. The topological polar surface area (TPSA) is 51.4 Å². The van der Waals surface area contributed by atoms with E-state index in [0.29, 0.717) is 11.7 Å². The molecule has 0 fully saturated rings. The zero-order valence-corrected chi connectivity index (χ0v) is 20.2. The van der Waals surface area contributed by atoms with Gasteiger partial charge in [0.25, 0.3) is 5.56 Å². The van der Waals surface area contributed by atoms with Gasteiger partial charge in [0.15, 0.2) is 5.11 Å². The maximum absolute atomic E-state index is 12.8. The van der Waals surface area contributed by atoms with Crippen molar-refractivity contribution >= 4 is 28.2 Å². The molecule has 3 aromatic rings. The molecule has 170 valence electrons. The molecule has 2 aromatic carbocycles. The number of pyridine rings is 1. The molecule has 1 aromatic heterocycles. The van der Waals surface area contributed by atoms with Crippen LogP contribution in [-0.4, -0.2) is 52.6 Å². The highest BCUT2D eigenvalue weighted by Gasteiger charge is 2.14. The van der Waals surface area contributed by atoms with E-state index in [1.54, 1.807) is 0 Å². The molecule has 0 aliphatic heterocycles. The average molecular weight is 451 g/mol. The van der Waals surface area contributed by atoms with E-state index in [1.165, 1.54) is 5.56 Å². The summed E-state index contributed by atoms with van der Waals surface area (Å²) in [6.45, 7) is 11.3. The first-order valence-electron chi connectivity index (χ1n) is 11.4. The zero-order chi connectivity index (χ0) is 22.9. The smallest absolute Gasteiger partial charge is 0.253 e. The van der Waals surface area contributed by atoms with Crippen molar-refractivity contribution in [3.8, 4) is 0 Å². The number of aromatic amines is 1. The molecule has 0 unspecified atom stereocenters. The highest BCUT2D eigenvalue weighted by atomic mass is 32.1. The average Bonchev–Trinajstić information content (AvgIpc) is 2.80. The number of hydrogen-bond acceptors (Lipinski definition) is 3. The minimum Gasteiger partial charge on any atom is -0.362 e. The van der Waals surface area contributed by atoms with Crippen LogP contribution in [0.4, 0.5) is 0 Å². The second-order valence-corrected chi connectivity index (χ2v) is 8.52. The van der Waals surface area contributed by atoms with E-state index in [1.807, 2.05) is 25.1 Å². The second-order valence-electron chi connectivity index (χ2n) is 8.13. The molecular formula is C26H34N4OS. The van der Waals surface area contributed by atoms with Crippen molar-refractivity contribution in [1.29, 1.82) is 0 Å². The minimum atomic E-state index is -0.0528. The van der Waals surface area contributed by atoms with Crippen LogP contribution in [0.1, 0.15) is 30.5 Å². The minimum absolute atomic E-state index is 0.0528. The largest absolute Gasteiger partial charge is 0.362 e. The summed E-state index contributed by atoms with van der Waals surface area (Å²) in [7, 11) is 0. The molecule has 0 amide bonds. The molecular weight excluding hydrogens is 416 g/mol. The number of fused-ring (bicyclic) bond motifs is 1. The fourth-order valence-corrected chi connectivity index (χ4v) is 4.07. The molecule has 32 heavy (non-hydrogen) atoms. The fourth-order valence-electron chi connectivity index (χ4n) is 3.81. The van der Waals surface area contributed by atoms with Gasteiger partial charge in [-0.25, -0.2) is 0 Å². The Bertz CT molecular complexity index is 1080. The monoisotopic (exact) mass is 450 g/mol. The van der Waals surface area contributed by atoms with Gasteiger partial charge in [0.1, 0.15) is 0 Å². The number of nitrogens with zero attached hydrogens (tertiary/aromatic N) is 2. The number of nitrogens with one attached hydrogen (secondary N) is 2. The summed E-state index contributed by atoms with van der Waals surface area (Å²) in [6.07, 6.45) is 0.904. The van der Waals surface area contributed by atoms with E-state index >= 15 is 0 Å². The SMILES string of the molecule is CCN(CC)CCN(Cc1cc2ccc(C)cc2[nH]c1=O)C(=S)NCCc1ccccc1. The Labute approximate surface area is 196 Å². The van der Waals surface area contributed by atoms with Crippen LogP contribution in [-0.2, 0) is 13.0 Å². The number of H-pyrrole nitrogens is 1. The summed E-state index contributed by atoms with van der Waals surface area (Å²) in [5.74, 6) is 0. The number of aromatic nitrogens is 1. The van der Waals surface area contributed by atoms with Gasteiger partial charge in [0.2, 0.25) is 0 Å². The van der Waals surface area contributed by atoms with Crippen molar-refractivity contribution in [2.24, 2.45) is 0 Å². The molecule has 5 nitrogen and oxygen atoms in total. The number of thiocarbonyl (C=S) groups is 1. The Morgan fingerprint density at radius 2 is 1.78 bits per heavy atom.